The zero-order valence-electron chi connectivity index (χ0n) is 14.7. The molecule has 0 radical (unpaired) electrons. The summed E-state index contributed by atoms with van der Waals surface area (Å²) >= 11 is 1.67. The molecule has 1 aliphatic heterocycles. The van der Waals surface area contributed by atoms with Crippen LogP contribution in [0.3, 0.4) is 0 Å². The van der Waals surface area contributed by atoms with E-state index in [1.165, 1.54) is 0 Å². The van der Waals surface area contributed by atoms with Crippen LogP contribution in [0.2, 0.25) is 0 Å². The molecule has 1 amide bonds. The molecule has 6 heteroatoms. The molecule has 0 bridgehead atoms. The number of benzene rings is 1. The number of rotatable bonds is 7. The van der Waals surface area contributed by atoms with Gasteiger partial charge in [-0.1, -0.05) is 31.9 Å². The maximum Gasteiger partial charge on any atom is 0.224 e. The van der Waals surface area contributed by atoms with Gasteiger partial charge in [-0.15, -0.1) is 11.3 Å². The van der Waals surface area contributed by atoms with Crippen molar-refractivity contribution in [1.29, 1.82) is 0 Å². The molecule has 1 aromatic carbocycles. The number of amides is 1. The minimum Gasteiger partial charge on any atom is -0.378 e. The molecule has 0 aliphatic carbocycles. The maximum atomic E-state index is 11.9. The van der Waals surface area contributed by atoms with Crippen LogP contribution in [-0.2, 0) is 9.53 Å². The molecule has 134 valence electrons. The van der Waals surface area contributed by atoms with Crippen LogP contribution in [0.15, 0.2) is 29.6 Å². The van der Waals surface area contributed by atoms with E-state index < -0.39 is 0 Å². The van der Waals surface area contributed by atoms with Crippen molar-refractivity contribution in [3.8, 4) is 11.3 Å². The summed E-state index contributed by atoms with van der Waals surface area (Å²) in [6.07, 6.45) is 3.76. The van der Waals surface area contributed by atoms with Gasteiger partial charge in [-0.3, -0.25) is 4.79 Å². The molecule has 2 aromatic rings. The highest BCUT2D eigenvalue weighted by molar-refractivity contribution is 7.14. The lowest BCUT2D eigenvalue weighted by molar-refractivity contribution is -0.116. The molecule has 0 unspecified atom stereocenters. The van der Waals surface area contributed by atoms with Gasteiger partial charge in [0.15, 0.2) is 5.13 Å². The number of hydrogen-bond donors (Lipinski definition) is 1. The van der Waals surface area contributed by atoms with Crippen LogP contribution in [0, 0.1) is 0 Å². The number of carbonyl (C=O) groups excluding carboxylic acids is 1. The fourth-order valence-corrected chi connectivity index (χ4v) is 3.67. The van der Waals surface area contributed by atoms with E-state index >= 15 is 0 Å². The normalized spacial score (nSPS) is 14.5. The van der Waals surface area contributed by atoms with Gasteiger partial charge >= 0.3 is 0 Å². The molecule has 3 rings (SSSR count). The first-order valence-corrected chi connectivity index (χ1v) is 9.82. The van der Waals surface area contributed by atoms with Gasteiger partial charge in [-0.2, -0.15) is 0 Å². The third-order valence-electron chi connectivity index (χ3n) is 4.25. The van der Waals surface area contributed by atoms with E-state index in [1.54, 1.807) is 11.3 Å². The van der Waals surface area contributed by atoms with E-state index in [1.807, 2.05) is 24.3 Å². The number of unbranched alkanes of at least 4 members (excludes halogenated alkanes) is 2. The summed E-state index contributed by atoms with van der Waals surface area (Å²) in [5.74, 6) is 0.0875. The standard InChI is InChI=1S/C19H25N3O2S/c1-2-3-4-5-18(23)20-16-8-6-15(7-9-16)17-14-25-19(21-17)22-10-12-24-13-11-22/h6-9,14H,2-5,10-13H2,1H3,(H,20,23). The molecule has 0 spiro atoms. The van der Waals surface area contributed by atoms with Crippen molar-refractivity contribution < 1.29 is 9.53 Å². The minimum atomic E-state index is 0.0875. The van der Waals surface area contributed by atoms with Gasteiger partial charge in [0.1, 0.15) is 0 Å². The average Bonchev–Trinajstić information content (AvgIpc) is 3.13. The number of hydrogen-bond acceptors (Lipinski definition) is 5. The Kier molecular flexibility index (Phi) is 6.42. The van der Waals surface area contributed by atoms with Crippen LogP contribution in [0.4, 0.5) is 10.8 Å². The lowest BCUT2D eigenvalue weighted by atomic mass is 10.1. The first-order valence-electron chi connectivity index (χ1n) is 8.95. The molecule has 2 heterocycles. The van der Waals surface area contributed by atoms with E-state index in [4.69, 9.17) is 9.72 Å². The van der Waals surface area contributed by atoms with E-state index in [-0.39, 0.29) is 5.91 Å². The van der Waals surface area contributed by atoms with Crippen LogP contribution in [-0.4, -0.2) is 37.2 Å². The van der Waals surface area contributed by atoms with Crippen molar-refractivity contribution in [2.45, 2.75) is 32.6 Å². The third-order valence-corrected chi connectivity index (χ3v) is 5.15. The first kappa shape index (κ1) is 17.9. The predicted molar refractivity (Wildman–Crippen MR) is 103 cm³/mol. The van der Waals surface area contributed by atoms with E-state index in [0.29, 0.717) is 6.42 Å². The van der Waals surface area contributed by atoms with Crippen LogP contribution < -0.4 is 10.2 Å². The van der Waals surface area contributed by atoms with E-state index in [0.717, 1.165) is 67.6 Å². The van der Waals surface area contributed by atoms with Crippen LogP contribution in [0.5, 0.6) is 0 Å². The number of nitrogens with zero attached hydrogens (tertiary/aromatic N) is 2. The average molecular weight is 359 g/mol. The summed E-state index contributed by atoms with van der Waals surface area (Å²) < 4.78 is 5.39. The number of carbonyl (C=O) groups is 1. The summed E-state index contributed by atoms with van der Waals surface area (Å²) in [7, 11) is 0. The second-order valence-corrected chi connectivity index (χ2v) is 7.03. The largest absolute Gasteiger partial charge is 0.378 e. The SMILES string of the molecule is CCCCCC(=O)Nc1ccc(-c2csc(N3CCOCC3)n2)cc1. The molecule has 5 nitrogen and oxygen atoms in total. The van der Waals surface area contributed by atoms with Gasteiger partial charge in [-0.05, 0) is 18.6 Å². The highest BCUT2D eigenvalue weighted by atomic mass is 32.1. The quantitative estimate of drug-likeness (QED) is 0.754. The molecular formula is C19H25N3O2S. The molecule has 25 heavy (non-hydrogen) atoms. The molecule has 1 aliphatic rings. The van der Waals surface area contributed by atoms with Crippen molar-refractivity contribution >= 4 is 28.1 Å². The Bertz CT molecular complexity index is 678. The summed E-state index contributed by atoms with van der Waals surface area (Å²) in [6.45, 7) is 5.47. The van der Waals surface area contributed by atoms with Crippen LogP contribution in [0.1, 0.15) is 32.6 Å². The highest BCUT2D eigenvalue weighted by Gasteiger charge is 2.15. The summed E-state index contributed by atoms with van der Waals surface area (Å²) in [5, 5.41) is 6.09. The van der Waals surface area contributed by atoms with Gasteiger partial charge in [0.05, 0.1) is 18.9 Å². The van der Waals surface area contributed by atoms with Crippen molar-refractivity contribution in [1.82, 2.24) is 4.98 Å². The molecular weight excluding hydrogens is 334 g/mol. The minimum absolute atomic E-state index is 0.0875. The maximum absolute atomic E-state index is 11.9. The Morgan fingerprint density at radius 3 is 2.72 bits per heavy atom. The van der Waals surface area contributed by atoms with Gasteiger partial charge in [0, 0.05) is 36.1 Å². The molecule has 1 fully saturated rings. The number of anilines is 2. The Morgan fingerprint density at radius 2 is 2.00 bits per heavy atom. The monoisotopic (exact) mass is 359 g/mol. The molecule has 0 atom stereocenters. The second-order valence-electron chi connectivity index (χ2n) is 6.20. The molecule has 0 saturated carbocycles. The van der Waals surface area contributed by atoms with Gasteiger partial charge in [0.25, 0.3) is 0 Å². The van der Waals surface area contributed by atoms with E-state index in [9.17, 15) is 4.79 Å². The van der Waals surface area contributed by atoms with Crippen molar-refractivity contribution in [3.05, 3.63) is 29.6 Å². The van der Waals surface area contributed by atoms with Gasteiger partial charge in [0.2, 0.25) is 5.91 Å². The Hall–Kier alpha value is -1.92. The Labute approximate surface area is 153 Å². The Balaban J connectivity index is 1.58. The zero-order chi connectivity index (χ0) is 17.5. The third kappa shape index (κ3) is 5.03. The lowest BCUT2D eigenvalue weighted by Gasteiger charge is -2.26. The Morgan fingerprint density at radius 1 is 1.24 bits per heavy atom. The zero-order valence-corrected chi connectivity index (χ0v) is 15.5. The van der Waals surface area contributed by atoms with Crippen LogP contribution >= 0.6 is 11.3 Å². The van der Waals surface area contributed by atoms with Crippen molar-refractivity contribution in [3.63, 3.8) is 0 Å². The summed E-state index contributed by atoms with van der Waals surface area (Å²) in [6, 6.07) is 7.92. The number of nitrogens with one attached hydrogen (secondary N) is 1. The second kappa shape index (κ2) is 8.97. The number of aromatic nitrogens is 1. The number of morpholine rings is 1. The van der Waals surface area contributed by atoms with Crippen LogP contribution in [0.25, 0.3) is 11.3 Å². The fraction of sp³-hybridized carbons (Fsp3) is 0.474. The first-order chi connectivity index (χ1) is 12.3. The number of thiazole rings is 1. The molecule has 1 aromatic heterocycles. The molecule has 1 N–H and O–H groups in total. The summed E-state index contributed by atoms with van der Waals surface area (Å²) in [4.78, 5) is 18.9. The van der Waals surface area contributed by atoms with E-state index in [2.05, 4.69) is 22.5 Å². The molecule has 1 saturated heterocycles. The lowest BCUT2D eigenvalue weighted by Crippen LogP contribution is -2.36. The van der Waals surface area contributed by atoms with Crippen molar-refractivity contribution in [2.24, 2.45) is 0 Å². The smallest absolute Gasteiger partial charge is 0.224 e. The van der Waals surface area contributed by atoms with Crippen molar-refractivity contribution in [2.75, 3.05) is 36.5 Å². The number of ether oxygens (including phenoxy) is 1. The highest BCUT2D eigenvalue weighted by Crippen LogP contribution is 2.28. The topological polar surface area (TPSA) is 54.5 Å². The predicted octanol–water partition coefficient (Wildman–Crippen LogP) is 4.17. The van der Waals surface area contributed by atoms with Gasteiger partial charge in [-0.25, -0.2) is 4.98 Å². The van der Waals surface area contributed by atoms with Gasteiger partial charge < -0.3 is 15.0 Å². The summed E-state index contributed by atoms with van der Waals surface area (Å²) in [5.41, 5.74) is 2.89. The fourth-order valence-electron chi connectivity index (χ4n) is 2.78.